The lowest BCUT2D eigenvalue weighted by Crippen LogP contribution is -2.29. The Morgan fingerprint density at radius 2 is 2.05 bits per heavy atom. The van der Waals surface area contributed by atoms with Crippen LogP contribution in [-0.2, 0) is 11.3 Å². The van der Waals surface area contributed by atoms with E-state index in [1.165, 1.54) is 24.1 Å². The second-order valence-electron chi connectivity index (χ2n) is 4.55. The van der Waals surface area contributed by atoms with Crippen molar-refractivity contribution in [1.29, 1.82) is 0 Å². The maximum absolute atomic E-state index is 13.4. The van der Waals surface area contributed by atoms with E-state index in [9.17, 15) is 14.0 Å². The molecule has 6 heteroatoms. The van der Waals surface area contributed by atoms with E-state index in [-0.39, 0.29) is 17.8 Å². The van der Waals surface area contributed by atoms with E-state index in [2.05, 4.69) is 4.98 Å². The van der Waals surface area contributed by atoms with Crippen LogP contribution in [0, 0.1) is 5.82 Å². The van der Waals surface area contributed by atoms with Crippen molar-refractivity contribution >= 4 is 17.4 Å². The van der Waals surface area contributed by atoms with E-state index in [0.29, 0.717) is 11.6 Å². The third-order valence-corrected chi connectivity index (χ3v) is 3.25. The van der Waals surface area contributed by atoms with E-state index in [1.807, 2.05) is 0 Å². The summed E-state index contributed by atoms with van der Waals surface area (Å²) in [5.41, 5.74) is 1.03. The predicted octanol–water partition coefficient (Wildman–Crippen LogP) is 1.96. The smallest absolute Gasteiger partial charge is 0.299 e. The molecule has 2 aromatic rings. The Kier molecular flexibility index (Phi) is 3.13. The minimum absolute atomic E-state index is 0.0816. The fourth-order valence-electron chi connectivity index (χ4n) is 2.25. The Morgan fingerprint density at radius 3 is 2.81 bits per heavy atom. The Bertz CT molecular complexity index is 745. The molecule has 0 atom stereocenters. The second kappa shape index (κ2) is 4.97. The first kappa shape index (κ1) is 13.2. The molecule has 1 aromatic heterocycles. The number of ketones is 1. The average Bonchev–Trinajstić information content (AvgIpc) is 2.72. The van der Waals surface area contributed by atoms with Gasteiger partial charge in [0.25, 0.3) is 11.7 Å². The standard InChI is InChI=1S/C15H11FN2O3/c1-21-13-4-2-3-10(17-13)8-18-12-7-9(16)5-6-11(12)14(19)15(18)20/h2-7H,8H2,1H3. The van der Waals surface area contributed by atoms with Gasteiger partial charge in [-0.3, -0.25) is 14.5 Å². The predicted molar refractivity (Wildman–Crippen MR) is 72.7 cm³/mol. The number of benzene rings is 1. The van der Waals surface area contributed by atoms with Crippen molar-refractivity contribution in [3.63, 3.8) is 0 Å². The number of Topliss-reactive ketones (excluding diaryl/α,β-unsaturated/α-hetero) is 1. The van der Waals surface area contributed by atoms with Crippen LogP contribution >= 0.6 is 0 Å². The molecular formula is C15H11FN2O3. The third-order valence-electron chi connectivity index (χ3n) is 3.25. The summed E-state index contributed by atoms with van der Waals surface area (Å²) >= 11 is 0. The Hall–Kier alpha value is -2.76. The molecule has 106 valence electrons. The Balaban J connectivity index is 1.97. The molecule has 0 saturated heterocycles. The van der Waals surface area contributed by atoms with Gasteiger partial charge in [-0.2, -0.15) is 0 Å². The summed E-state index contributed by atoms with van der Waals surface area (Å²) in [5.74, 6) is -1.40. The molecule has 0 N–H and O–H groups in total. The average molecular weight is 286 g/mol. The minimum Gasteiger partial charge on any atom is -0.481 e. The molecule has 0 radical (unpaired) electrons. The van der Waals surface area contributed by atoms with E-state index in [4.69, 9.17) is 4.74 Å². The number of pyridine rings is 1. The highest BCUT2D eigenvalue weighted by atomic mass is 19.1. The van der Waals surface area contributed by atoms with Crippen LogP contribution in [0.25, 0.3) is 0 Å². The zero-order chi connectivity index (χ0) is 15.0. The van der Waals surface area contributed by atoms with Gasteiger partial charge in [-0.05, 0) is 24.3 Å². The van der Waals surface area contributed by atoms with Crippen LogP contribution < -0.4 is 9.64 Å². The number of nitrogens with zero attached hydrogens (tertiary/aromatic N) is 2. The van der Waals surface area contributed by atoms with Gasteiger partial charge in [-0.15, -0.1) is 0 Å². The lowest BCUT2D eigenvalue weighted by atomic mass is 10.1. The first-order valence-electron chi connectivity index (χ1n) is 6.26. The molecule has 2 heterocycles. The largest absolute Gasteiger partial charge is 0.481 e. The number of halogens is 1. The molecule has 0 fully saturated rings. The molecule has 1 aliphatic heterocycles. The molecule has 0 unspecified atom stereocenters. The number of carbonyl (C=O) groups is 2. The summed E-state index contributed by atoms with van der Waals surface area (Å²) in [5, 5.41) is 0. The molecule has 1 aromatic carbocycles. The van der Waals surface area contributed by atoms with Crippen molar-refractivity contribution in [2.75, 3.05) is 12.0 Å². The normalized spacial score (nSPS) is 13.5. The van der Waals surface area contributed by atoms with Gasteiger partial charge in [-0.25, -0.2) is 9.37 Å². The van der Waals surface area contributed by atoms with Gasteiger partial charge in [0.1, 0.15) is 5.82 Å². The SMILES string of the molecule is COc1cccc(CN2C(=O)C(=O)c3ccc(F)cc32)n1. The summed E-state index contributed by atoms with van der Waals surface area (Å²) < 4.78 is 18.4. The molecule has 1 aliphatic rings. The number of ether oxygens (including phenoxy) is 1. The van der Waals surface area contributed by atoms with Crippen LogP contribution in [0.15, 0.2) is 36.4 Å². The van der Waals surface area contributed by atoms with Crippen molar-refractivity contribution in [2.24, 2.45) is 0 Å². The Morgan fingerprint density at radius 1 is 1.24 bits per heavy atom. The van der Waals surface area contributed by atoms with E-state index in [1.54, 1.807) is 18.2 Å². The quantitative estimate of drug-likeness (QED) is 0.809. The fraction of sp³-hybridized carbons (Fsp3) is 0.133. The lowest BCUT2D eigenvalue weighted by molar-refractivity contribution is -0.114. The third kappa shape index (κ3) is 2.24. The first-order valence-corrected chi connectivity index (χ1v) is 6.26. The number of hydrogen-bond donors (Lipinski definition) is 0. The number of methoxy groups -OCH3 is 1. The van der Waals surface area contributed by atoms with Crippen molar-refractivity contribution in [2.45, 2.75) is 6.54 Å². The summed E-state index contributed by atoms with van der Waals surface area (Å²) in [7, 11) is 1.49. The highest BCUT2D eigenvalue weighted by molar-refractivity contribution is 6.52. The minimum atomic E-state index is -0.680. The zero-order valence-corrected chi connectivity index (χ0v) is 11.2. The van der Waals surface area contributed by atoms with E-state index in [0.717, 1.165) is 6.07 Å². The molecule has 21 heavy (non-hydrogen) atoms. The van der Waals surface area contributed by atoms with Gasteiger partial charge < -0.3 is 4.74 Å². The molecule has 0 saturated carbocycles. The summed E-state index contributed by atoms with van der Waals surface area (Å²) in [6.45, 7) is 0.0816. The second-order valence-corrected chi connectivity index (χ2v) is 4.55. The van der Waals surface area contributed by atoms with Gasteiger partial charge in [0.2, 0.25) is 5.88 Å². The summed E-state index contributed by atoms with van der Waals surface area (Å²) in [6.07, 6.45) is 0. The van der Waals surface area contributed by atoms with Gasteiger partial charge in [0, 0.05) is 6.07 Å². The first-order chi connectivity index (χ1) is 10.1. The van der Waals surface area contributed by atoms with Crippen LogP contribution in [0.2, 0.25) is 0 Å². The van der Waals surface area contributed by atoms with E-state index >= 15 is 0 Å². The maximum atomic E-state index is 13.4. The molecule has 5 nitrogen and oxygen atoms in total. The highest BCUT2D eigenvalue weighted by Gasteiger charge is 2.36. The zero-order valence-electron chi connectivity index (χ0n) is 11.2. The number of aromatic nitrogens is 1. The van der Waals surface area contributed by atoms with Crippen LogP contribution in [0.4, 0.5) is 10.1 Å². The maximum Gasteiger partial charge on any atom is 0.299 e. The summed E-state index contributed by atoms with van der Waals surface area (Å²) in [4.78, 5) is 29.3. The van der Waals surface area contributed by atoms with Crippen molar-refractivity contribution in [1.82, 2.24) is 4.98 Å². The van der Waals surface area contributed by atoms with Crippen LogP contribution in [-0.4, -0.2) is 23.8 Å². The Labute approximate surface area is 120 Å². The molecule has 3 rings (SSSR count). The molecule has 0 aliphatic carbocycles. The van der Waals surface area contributed by atoms with Crippen molar-refractivity contribution in [3.8, 4) is 5.88 Å². The molecule has 1 amide bonds. The number of hydrogen-bond acceptors (Lipinski definition) is 4. The van der Waals surface area contributed by atoms with Gasteiger partial charge in [0.15, 0.2) is 0 Å². The van der Waals surface area contributed by atoms with Gasteiger partial charge in [0.05, 0.1) is 30.6 Å². The number of amides is 1. The van der Waals surface area contributed by atoms with Gasteiger partial charge in [-0.1, -0.05) is 6.07 Å². The fourth-order valence-corrected chi connectivity index (χ4v) is 2.25. The molecule has 0 bridgehead atoms. The molecular weight excluding hydrogens is 275 g/mol. The highest BCUT2D eigenvalue weighted by Crippen LogP contribution is 2.30. The van der Waals surface area contributed by atoms with Gasteiger partial charge >= 0.3 is 0 Å². The van der Waals surface area contributed by atoms with Crippen LogP contribution in [0.5, 0.6) is 5.88 Å². The van der Waals surface area contributed by atoms with Crippen LogP contribution in [0.3, 0.4) is 0 Å². The monoisotopic (exact) mass is 286 g/mol. The van der Waals surface area contributed by atoms with Crippen molar-refractivity contribution < 1.29 is 18.7 Å². The number of anilines is 1. The molecule has 0 spiro atoms. The number of carbonyl (C=O) groups excluding carboxylic acids is 2. The topological polar surface area (TPSA) is 59.5 Å². The lowest BCUT2D eigenvalue weighted by Gasteiger charge is -2.16. The summed E-state index contributed by atoms with van der Waals surface area (Å²) in [6, 6.07) is 8.78. The van der Waals surface area contributed by atoms with Crippen molar-refractivity contribution in [3.05, 3.63) is 53.5 Å². The number of fused-ring (bicyclic) bond motifs is 1. The number of rotatable bonds is 3. The van der Waals surface area contributed by atoms with E-state index < -0.39 is 17.5 Å². The van der Waals surface area contributed by atoms with Crippen LogP contribution in [0.1, 0.15) is 16.1 Å².